The third-order valence-corrected chi connectivity index (χ3v) is 2.83. The number of carbonyl (C=O) groups is 1. The number of non-ortho nitro benzene ring substituents is 1. The summed E-state index contributed by atoms with van der Waals surface area (Å²) in [6.45, 7) is 0.0445. The molecule has 7 heteroatoms. The van der Waals surface area contributed by atoms with Crippen LogP contribution < -0.4 is 10.6 Å². The number of nitriles is 1. The zero-order chi connectivity index (χ0) is 15.9. The zero-order valence-electron chi connectivity index (χ0n) is 11.4. The number of nitrogens with one attached hydrogen (secondary N) is 2. The molecule has 0 unspecified atom stereocenters. The first-order chi connectivity index (χ1) is 10.6. The molecular weight excluding hydrogens is 284 g/mol. The van der Waals surface area contributed by atoms with Crippen LogP contribution in [0.4, 0.5) is 17.1 Å². The lowest BCUT2D eigenvalue weighted by molar-refractivity contribution is -0.384. The Morgan fingerprint density at radius 1 is 1.09 bits per heavy atom. The average molecular weight is 296 g/mol. The van der Waals surface area contributed by atoms with Gasteiger partial charge in [-0.05, 0) is 36.4 Å². The molecule has 1 amide bonds. The predicted molar refractivity (Wildman–Crippen MR) is 81.4 cm³/mol. The number of anilines is 2. The highest BCUT2D eigenvalue weighted by atomic mass is 16.6. The molecule has 2 aromatic carbocycles. The van der Waals surface area contributed by atoms with Crippen molar-refractivity contribution in [2.45, 2.75) is 0 Å². The SMILES string of the molecule is N#Cc1ccc(NCC(=O)Nc2ccc([N+](=O)[O-])cc2)cc1. The number of nitro groups is 1. The van der Waals surface area contributed by atoms with E-state index in [1.165, 1.54) is 24.3 Å². The molecule has 7 nitrogen and oxygen atoms in total. The maximum Gasteiger partial charge on any atom is 0.269 e. The summed E-state index contributed by atoms with van der Waals surface area (Å²) in [6.07, 6.45) is 0. The van der Waals surface area contributed by atoms with Crippen molar-refractivity contribution in [1.82, 2.24) is 0 Å². The van der Waals surface area contributed by atoms with Gasteiger partial charge < -0.3 is 10.6 Å². The predicted octanol–water partition coefficient (Wildman–Crippen LogP) is 2.52. The van der Waals surface area contributed by atoms with Gasteiger partial charge in [-0.25, -0.2) is 0 Å². The summed E-state index contributed by atoms with van der Waals surface area (Å²) >= 11 is 0. The van der Waals surface area contributed by atoms with Crippen molar-refractivity contribution in [1.29, 1.82) is 5.26 Å². The molecule has 0 spiro atoms. The minimum atomic E-state index is -0.502. The van der Waals surface area contributed by atoms with Gasteiger partial charge in [0.1, 0.15) is 0 Å². The Balaban J connectivity index is 1.87. The third-order valence-electron chi connectivity index (χ3n) is 2.83. The number of hydrogen-bond donors (Lipinski definition) is 2. The van der Waals surface area contributed by atoms with Crippen LogP contribution in [0.1, 0.15) is 5.56 Å². The molecule has 110 valence electrons. The fourth-order valence-electron chi connectivity index (χ4n) is 1.72. The van der Waals surface area contributed by atoms with Crippen LogP contribution in [0.25, 0.3) is 0 Å². The van der Waals surface area contributed by atoms with Gasteiger partial charge in [-0.3, -0.25) is 14.9 Å². The van der Waals surface area contributed by atoms with E-state index in [4.69, 9.17) is 5.26 Å². The second-order valence-corrected chi connectivity index (χ2v) is 4.39. The van der Waals surface area contributed by atoms with Crippen LogP contribution in [0.5, 0.6) is 0 Å². The van der Waals surface area contributed by atoms with E-state index in [0.29, 0.717) is 11.3 Å². The van der Waals surface area contributed by atoms with Gasteiger partial charge in [0.2, 0.25) is 5.91 Å². The highest BCUT2D eigenvalue weighted by molar-refractivity contribution is 5.93. The second kappa shape index (κ2) is 6.85. The van der Waals surface area contributed by atoms with Gasteiger partial charge in [0.15, 0.2) is 0 Å². The van der Waals surface area contributed by atoms with Gasteiger partial charge in [0, 0.05) is 23.5 Å². The van der Waals surface area contributed by atoms with Crippen molar-refractivity contribution in [3.8, 4) is 6.07 Å². The summed E-state index contributed by atoms with van der Waals surface area (Å²) in [4.78, 5) is 21.8. The largest absolute Gasteiger partial charge is 0.376 e. The zero-order valence-corrected chi connectivity index (χ0v) is 11.4. The molecule has 0 saturated heterocycles. The molecule has 0 atom stereocenters. The third kappa shape index (κ3) is 4.05. The van der Waals surface area contributed by atoms with Crippen molar-refractivity contribution >= 4 is 23.0 Å². The van der Waals surface area contributed by atoms with Crippen molar-refractivity contribution in [2.75, 3.05) is 17.2 Å². The maximum atomic E-state index is 11.8. The number of amides is 1. The smallest absolute Gasteiger partial charge is 0.269 e. The van der Waals surface area contributed by atoms with Crippen LogP contribution in [-0.4, -0.2) is 17.4 Å². The summed E-state index contributed by atoms with van der Waals surface area (Å²) in [5, 5.41) is 24.8. The molecule has 2 N–H and O–H groups in total. The Bertz CT molecular complexity index is 718. The average Bonchev–Trinajstić information content (AvgIpc) is 2.54. The van der Waals surface area contributed by atoms with E-state index in [1.807, 2.05) is 6.07 Å². The van der Waals surface area contributed by atoms with E-state index >= 15 is 0 Å². The van der Waals surface area contributed by atoms with Crippen LogP contribution in [0.2, 0.25) is 0 Å². The minimum absolute atomic E-state index is 0.0336. The monoisotopic (exact) mass is 296 g/mol. The highest BCUT2D eigenvalue weighted by Gasteiger charge is 2.06. The van der Waals surface area contributed by atoms with E-state index < -0.39 is 4.92 Å². The van der Waals surface area contributed by atoms with Crippen LogP contribution in [0.3, 0.4) is 0 Å². The van der Waals surface area contributed by atoms with Crippen LogP contribution in [0.15, 0.2) is 48.5 Å². The normalized spacial score (nSPS) is 9.59. The molecule has 2 rings (SSSR count). The number of nitro benzene ring substituents is 1. The first-order valence-corrected chi connectivity index (χ1v) is 6.37. The second-order valence-electron chi connectivity index (χ2n) is 4.39. The van der Waals surface area contributed by atoms with Gasteiger partial charge in [-0.15, -0.1) is 0 Å². The molecular formula is C15H12N4O3. The maximum absolute atomic E-state index is 11.8. The molecule has 0 saturated carbocycles. The van der Waals surface area contributed by atoms with Crippen LogP contribution >= 0.6 is 0 Å². The molecule has 0 heterocycles. The molecule has 0 radical (unpaired) electrons. The Labute approximate surface area is 126 Å². The standard InChI is InChI=1S/C15H12N4O3/c16-9-11-1-3-12(4-2-11)17-10-15(20)18-13-5-7-14(8-6-13)19(21)22/h1-8,17H,10H2,(H,18,20). The molecule has 0 fully saturated rings. The van der Waals surface area contributed by atoms with Crippen molar-refractivity contribution in [3.63, 3.8) is 0 Å². The molecule has 22 heavy (non-hydrogen) atoms. The van der Waals surface area contributed by atoms with Crippen LogP contribution in [0, 0.1) is 21.4 Å². The summed E-state index contributed by atoms with van der Waals surface area (Å²) in [5.74, 6) is -0.279. The molecule has 0 aliphatic carbocycles. The van der Waals surface area contributed by atoms with Gasteiger partial charge >= 0.3 is 0 Å². The first kappa shape index (κ1) is 15.0. The minimum Gasteiger partial charge on any atom is -0.376 e. The molecule has 2 aromatic rings. The van der Waals surface area contributed by atoms with Gasteiger partial charge in [0.25, 0.3) is 5.69 Å². The topological polar surface area (TPSA) is 108 Å². The van der Waals surface area contributed by atoms with E-state index in [1.54, 1.807) is 24.3 Å². The summed E-state index contributed by atoms with van der Waals surface area (Å²) in [5.41, 5.74) is 1.71. The Kier molecular flexibility index (Phi) is 4.67. The summed E-state index contributed by atoms with van der Waals surface area (Å²) in [7, 11) is 0. The van der Waals surface area contributed by atoms with Crippen molar-refractivity contribution in [2.24, 2.45) is 0 Å². The molecule has 0 aliphatic rings. The van der Waals surface area contributed by atoms with Gasteiger partial charge in [-0.2, -0.15) is 5.26 Å². The van der Waals surface area contributed by atoms with Gasteiger partial charge in [0.05, 0.1) is 23.1 Å². The summed E-state index contributed by atoms with van der Waals surface area (Å²) < 4.78 is 0. The van der Waals surface area contributed by atoms with E-state index in [9.17, 15) is 14.9 Å². The number of nitrogens with zero attached hydrogens (tertiary/aromatic N) is 2. The number of benzene rings is 2. The van der Waals surface area contributed by atoms with E-state index in [2.05, 4.69) is 10.6 Å². The fourth-order valence-corrected chi connectivity index (χ4v) is 1.72. The lowest BCUT2D eigenvalue weighted by Crippen LogP contribution is -2.21. The Morgan fingerprint density at radius 3 is 2.23 bits per heavy atom. The number of rotatable bonds is 5. The number of hydrogen-bond acceptors (Lipinski definition) is 5. The fraction of sp³-hybridized carbons (Fsp3) is 0.0667. The van der Waals surface area contributed by atoms with Gasteiger partial charge in [-0.1, -0.05) is 0 Å². The quantitative estimate of drug-likeness (QED) is 0.651. The highest BCUT2D eigenvalue weighted by Crippen LogP contribution is 2.15. The lowest BCUT2D eigenvalue weighted by atomic mass is 10.2. The Hall–Kier alpha value is -3.40. The molecule has 0 aliphatic heterocycles. The molecule has 0 aromatic heterocycles. The Morgan fingerprint density at radius 2 is 1.68 bits per heavy atom. The lowest BCUT2D eigenvalue weighted by Gasteiger charge is -2.07. The van der Waals surface area contributed by atoms with Crippen molar-refractivity contribution in [3.05, 3.63) is 64.2 Å². The summed E-state index contributed by atoms with van der Waals surface area (Å²) in [6, 6.07) is 14.3. The van der Waals surface area contributed by atoms with E-state index in [-0.39, 0.29) is 18.1 Å². The van der Waals surface area contributed by atoms with E-state index in [0.717, 1.165) is 5.69 Å². The molecule has 0 bridgehead atoms. The van der Waals surface area contributed by atoms with Crippen molar-refractivity contribution < 1.29 is 9.72 Å². The van der Waals surface area contributed by atoms with Crippen LogP contribution in [-0.2, 0) is 4.79 Å². The number of carbonyl (C=O) groups excluding carboxylic acids is 1. The first-order valence-electron chi connectivity index (χ1n) is 6.37.